The lowest BCUT2D eigenvalue weighted by atomic mass is 10.0. The number of hydrogen-bond donors (Lipinski definition) is 2. The van der Waals surface area contributed by atoms with E-state index >= 15 is 0 Å². The molecule has 1 aromatic carbocycles. The van der Waals surface area contributed by atoms with Crippen molar-refractivity contribution in [3.63, 3.8) is 0 Å². The van der Waals surface area contributed by atoms with Crippen LogP contribution in [0.1, 0.15) is 141 Å². The van der Waals surface area contributed by atoms with E-state index in [1.54, 1.807) is 0 Å². The number of unbranched alkanes of at least 4 members (excludes halogenated alkanes) is 19. The van der Waals surface area contributed by atoms with Gasteiger partial charge in [0.1, 0.15) is 11.5 Å². The minimum absolute atomic E-state index is 0.0446. The summed E-state index contributed by atoms with van der Waals surface area (Å²) in [5, 5.41) is 18.9. The number of phenolic OH excluding ortho intramolecular Hbond substituents is 2. The highest BCUT2D eigenvalue weighted by molar-refractivity contribution is 5.72. The maximum absolute atomic E-state index is 11.9. The second-order valence-electron chi connectivity index (χ2n) is 9.97. The highest BCUT2D eigenvalue weighted by atomic mass is 16.5. The van der Waals surface area contributed by atoms with Gasteiger partial charge in [0.2, 0.25) is 0 Å². The highest BCUT2D eigenvalue weighted by Crippen LogP contribution is 2.21. The Bertz CT molecular complexity index is 594. The van der Waals surface area contributed by atoms with Gasteiger partial charge in [-0.1, -0.05) is 129 Å². The molecule has 1 rings (SSSR count). The number of rotatable bonds is 23. The molecule has 0 unspecified atom stereocenters. The Balaban J connectivity index is 1.77. The zero-order valence-electron chi connectivity index (χ0n) is 22.0. The molecule has 0 amide bonds. The van der Waals surface area contributed by atoms with Crippen LogP contribution in [0.2, 0.25) is 0 Å². The van der Waals surface area contributed by atoms with Gasteiger partial charge in [0.15, 0.2) is 0 Å². The third-order valence-corrected chi connectivity index (χ3v) is 6.57. The molecule has 4 nitrogen and oxygen atoms in total. The van der Waals surface area contributed by atoms with Crippen molar-refractivity contribution in [1.29, 1.82) is 0 Å². The molecule has 0 atom stereocenters. The van der Waals surface area contributed by atoms with Crippen molar-refractivity contribution in [2.45, 2.75) is 142 Å². The van der Waals surface area contributed by atoms with Crippen LogP contribution < -0.4 is 0 Å². The van der Waals surface area contributed by atoms with Crippen molar-refractivity contribution in [2.24, 2.45) is 0 Å². The first-order chi connectivity index (χ1) is 16.6. The number of hydrogen-bond acceptors (Lipinski definition) is 4. The Morgan fingerprint density at radius 1 is 0.588 bits per heavy atom. The smallest absolute Gasteiger partial charge is 0.310 e. The van der Waals surface area contributed by atoms with Crippen LogP contribution >= 0.6 is 0 Å². The molecule has 0 saturated heterocycles. The molecule has 4 heteroatoms. The van der Waals surface area contributed by atoms with E-state index in [0.29, 0.717) is 12.2 Å². The average Bonchev–Trinajstić information content (AvgIpc) is 2.79. The first kappa shape index (κ1) is 30.3. The molecular weight excluding hydrogens is 424 g/mol. The first-order valence-corrected chi connectivity index (χ1v) is 14.3. The number of benzene rings is 1. The number of carbonyl (C=O) groups is 1. The van der Waals surface area contributed by atoms with Gasteiger partial charge in [0.25, 0.3) is 0 Å². The Morgan fingerprint density at radius 2 is 0.941 bits per heavy atom. The highest BCUT2D eigenvalue weighted by Gasteiger charge is 2.07. The van der Waals surface area contributed by atoms with Crippen LogP contribution in [0.4, 0.5) is 0 Å². The van der Waals surface area contributed by atoms with Crippen molar-refractivity contribution in [1.82, 2.24) is 0 Å². The fourth-order valence-corrected chi connectivity index (χ4v) is 4.52. The molecule has 1 aromatic rings. The van der Waals surface area contributed by atoms with Gasteiger partial charge in [-0.25, -0.2) is 0 Å². The summed E-state index contributed by atoms with van der Waals surface area (Å²) in [5.74, 6) is -0.406. The van der Waals surface area contributed by atoms with Gasteiger partial charge in [0, 0.05) is 6.07 Å². The van der Waals surface area contributed by atoms with Crippen molar-refractivity contribution in [2.75, 3.05) is 6.61 Å². The number of aromatic hydroxyl groups is 2. The van der Waals surface area contributed by atoms with Crippen LogP contribution in [-0.2, 0) is 16.0 Å². The second-order valence-corrected chi connectivity index (χ2v) is 9.97. The van der Waals surface area contributed by atoms with Gasteiger partial charge in [-0.3, -0.25) is 4.79 Å². The van der Waals surface area contributed by atoms with E-state index < -0.39 is 0 Å². The van der Waals surface area contributed by atoms with E-state index in [4.69, 9.17) is 4.74 Å². The van der Waals surface area contributed by atoms with Gasteiger partial charge in [0.05, 0.1) is 13.0 Å². The molecule has 0 fully saturated rings. The van der Waals surface area contributed by atoms with E-state index in [1.807, 2.05) is 0 Å². The molecule has 2 N–H and O–H groups in total. The van der Waals surface area contributed by atoms with Crippen molar-refractivity contribution in [3.8, 4) is 11.5 Å². The van der Waals surface area contributed by atoms with Gasteiger partial charge in [-0.2, -0.15) is 0 Å². The van der Waals surface area contributed by atoms with Gasteiger partial charge in [-0.15, -0.1) is 0 Å². The summed E-state index contributed by atoms with van der Waals surface area (Å²) in [6.07, 6.45) is 27.1. The molecular formula is C30H52O4. The number of phenols is 2. The third kappa shape index (κ3) is 18.7. The summed E-state index contributed by atoms with van der Waals surface area (Å²) in [5.41, 5.74) is 0.561. The predicted octanol–water partition coefficient (Wildman–Crippen LogP) is 9.01. The van der Waals surface area contributed by atoms with Crippen LogP contribution in [0.25, 0.3) is 0 Å². The Hall–Kier alpha value is -1.71. The van der Waals surface area contributed by atoms with Crippen molar-refractivity contribution >= 4 is 5.97 Å². The minimum Gasteiger partial charge on any atom is -0.508 e. The van der Waals surface area contributed by atoms with E-state index in [2.05, 4.69) is 6.92 Å². The summed E-state index contributed by atoms with van der Waals surface area (Å²) in [7, 11) is 0. The molecule has 0 radical (unpaired) electrons. The summed E-state index contributed by atoms with van der Waals surface area (Å²) in [6, 6.07) is 4.19. The summed E-state index contributed by atoms with van der Waals surface area (Å²) in [6.45, 7) is 2.73. The molecule has 0 spiro atoms. The molecule has 0 aliphatic rings. The van der Waals surface area contributed by atoms with Crippen molar-refractivity contribution in [3.05, 3.63) is 23.8 Å². The van der Waals surface area contributed by atoms with Gasteiger partial charge >= 0.3 is 5.97 Å². The van der Waals surface area contributed by atoms with Crippen LogP contribution in [0.5, 0.6) is 11.5 Å². The van der Waals surface area contributed by atoms with Crippen molar-refractivity contribution < 1.29 is 19.7 Å². The molecule has 0 aliphatic heterocycles. The fraction of sp³-hybridized carbons (Fsp3) is 0.767. The number of ether oxygens (including phenoxy) is 1. The zero-order valence-corrected chi connectivity index (χ0v) is 22.0. The molecule has 0 saturated carbocycles. The van der Waals surface area contributed by atoms with Gasteiger partial charge in [-0.05, 0) is 24.1 Å². The quantitative estimate of drug-likeness (QED) is 0.122. The minimum atomic E-state index is -0.317. The largest absolute Gasteiger partial charge is 0.508 e. The number of carbonyl (C=O) groups excluding carboxylic acids is 1. The topological polar surface area (TPSA) is 66.8 Å². The molecule has 0 bridgehead atoms. The molecule has 196 valence electrons. The normalized spacial score (nSPS) is 11.1. The number of esters is 1. The first-order valence-electron chi connectivity index (χ1n) is 14.3. The molecule has 0 aliphatic carbocycles. The lowest BCUT2D eigenvalue weighted by molar-refractivity contribution is -0.142. The summed E-state index contributed by atoms with van der Waals surface area (Å²) >= 11 is 0. The Morgan fingerprint density at radius 3 is 1.32 bits per heavy atom. The van der Waals surface area contributed by atoms with E-state index in [9.17, 15) is 15.0 Å². The Kier molecular flexibility index (Phi) is 19.4. The molecule has 0 aromatic heterocycles. The second kappa shape index (κ2) is 21.8. The van der Waals surface area contributed by atoms with E-state index in [1.165, 1.54) is 134 Å². The van der Waals surface area contributed by atoms with Gasteiger partial charge < -0.3 is 14.9 Å². The summed E-state index contributed by atoms with van der Waals surface area (Å²) < 4.78 is 5.26. The fourth-order valence-electron chi connectivity index (χ4n) is 4.52. The monoisotopic (exact) mass is 476 g/mol. The zero-order chi connectivity index (χ0) is 24.7. The van der Waals surface area contributed by atoms with Crippen LogP contribution in [0.15, 0.2) is 18.2 Å². The standard InChI is InChI=1S/C30H52O4/c1-2-3-4-5-6-7-8-9-10-11-12-13-14-15-16-17-18-19-20-21-22-34-30(33)25-27-23-28(31)26-29(32)24-27/h23-24,26,31-32H,2-22,25H2,1H3. The SMILES string of the molecule is CCCCCCCCCCCCCCCCCCCCCCOC(=O)Cc1cc(O)cc(O)c1. The molecule has 34 heavy (non-hydrogen) atoms. The lowest BCUT2D eigenvalue weighted by Gasteiger charge is -2.06. The van der Waals surface area contributed by atoms with Crippen LogP contribution in [0.3, 0.4) is 0 Å². The van der Waals surface area contributed by atoms with Crippen LogP contribution in [0, 0.1) is 0 Å². The van der Waals surface area contributed by atoms with E-state index in [-0.39, 0.29) is 23.9 Å². The average molecular weight is 477 g/mol. The molecule has 0 heterocycles. The maximum Gasteiger partial charge on any atom is 0.310 e. The predicted molar refractivity (Wildman–Crippen MR) is 142 cm³/mol. The maximum atomic E-state index is 11.9. The van der Waals surface area contributed by atoms with Crippen LogP contribution in [-0.4, -0.2) is 22.8 Å². The third-order valence-electron chi connectivity index (χ3n) is 6.57. The summed E-state index contributed by atoms with van der Waals surface area (Å²) in [4.78, 5) is 11.9. The van der Waals surface area contributed by atoms with E-state index in [0.717, 1.165) is 12.8 Å². The lowest BCUT2D eigenvalue weighted by Crippen LogP contribution is -2.09. The Labute approximate surface area is 209 Å².